The molecule has 100 valence electrons. The molecule has 1 saturated heterocycles. The van der Waals surface area contributed by atoms with Crippen LogP contribution in [0, 0.1) is 0 Å². The molecule has 0 unspecified atom stereocenters. The first-order valence-electron chi connectivity index (χ1n) is 6.00. The van der Waals surface area contributed by atoms with Crippen LogP contribution in [0.1, 0.15) is 33.6 Å². The Morgan fingerprint density at radius 1 is 1.32 bits per heavy atom. The van der Waals surface area contributed by atoms with Gasteiger partial charge in [0, 0.05) is 12.1 Å². The Labute approximate surface area is 109 Å². The Morgan fingerprint density at radius 2 is 2.05 bits per heavy atom. The van der Waals surface area contributed by atoms with Crippen molar-refractivity contribution in [3.63, 3.8) is 0 Å². The number of carboxylic acid groups (broad SMARTS) is 1. The molecule has 6 heteroatoms. The molecule has 1 atom stereocenters. The Hall–Kier alpha value is -2.37. The highest BCUT2D eigenvalue weighted by molar-refractivity contribution is 5.99. The summed E-state index contributed by atoms with van der Waals surface area (Å²) in [7, 11) is 0. The summed E-state index contributed by atoms with van der Waals surface area (Å²) in [4.78, 5) is 34.3. The van der Waals surface area contributed by atoms with Crippen molar-refractivity contribution < 1.29 is 19.5 Å². The predicted molar refractivity (Wildman–Crippen MR) is 66.9 cm³/mol. The van der Waals surface area contributed by atoms with Crippen molar-refractivity contribution in [2.75, 3.05) is 6.54 Å². The number of carbonyl (C=O) groups excluding carboxylic acids is 2. The van der Waals surface area contributed by atoms with Crippen LogP contribution in [0.2, 0.25) is 0 Å². The second-order valence-corrected chi connectivity index (χ2v) is 4.35. The zero-order chi connectivity index (χ0) is 13.8. The van der Waals surface area contributed by atoms with Crippen LogP contribution in [0.3, 0.4) is 0 Å². The number of hydrogen-bond acceptors (Lipinski definition) is 3. The molecule has 1 aliphatic heterocycles. The van der Waals surface area contributed by atoms with E-state index in [1.165, 1.54) is 24.3 Å². The lowest BCUT2D eigenvalue weighted by molar-refractivity contribution is -0.124. The van der Waals surface area contributed by atoms with Crippen LogP contribution in [0.4, 0.5) is 0 Å². The van der Waals surface area contributed by atoms with Crippen molar-refractivity contribution in [2.45, 2.75) is 18.9 Å². The number of amides is 2. The van der Waals surface area contributed by atoms with E-state index >= 15 is 0 Å². The fourth-order valence-electron chi connectivity index (χ4n) is 1.94. The summed E-state index contributed by atoms with van der Waals surface area (Å²) in [6.45, 7) is 0.625. The van der Waals surface area contributed by atoms with Crippen molar-refractivity contribution in [1.29, 1.82) is 0 Å². The lowest BCUT2D eigenvalue weighted by atomic mass is 10.1. The largest absolute Gasteiger partial charge is 0.478 e. The van der Waals surface area contributed by atoms with Gasteiger partial charge >= 0.3 is 5.97 Å². The number of piperidine rings is 1. The molecule has 2 rings (SSSR count). The van der Waals surface area contributed by atoms with Crippen LogP contribution in [-0.2, 0) is 4.79 Å². The number of nitrogens with one attached hydrogen (secondary N) is 2. The van der Waals surface area contributed by atoms with Crippen LogP contribution in [0.15, 0.2) is 24.3 Å². The van der Waals surface area contributed by atoms with E-state index in [1.54, 1.807) is 0 Å². The Morgan fingerprint density at radius 3 is 2.74 bits per heavy atom. The molecule has 0 aliphatic carbocycles. The molecule has 1 aromatic rings. The fourth-order valence-corrected chi connectivity index (χ4v) is 1.94. The third-order valence-corrected chi connectivity index (χ3v) is 2.96. The average molecular weight is 262 g/mol. The first-order chi connectivity index (χ1) is 9.08. The van der Waals surface area contributed by atoms with Crippen LogP contribution < -0.4 is 10.6 Å². The number of benzene rings is 1. The molecule has 0 spiro atoms. The van der Waals surface area contributed by atoms with Gasteiger partial charge in [0.05, 0.1) is 5.56 Å². The highest BCUT2D eigenvalue weighted by atomic mass is 16.4. The van der Waals surface area contributed by atoms with E-state index < -0.39 is 17.9 Å². The minimum Gasteiger partial charge on any atom is -0.478 e. The van der Waals surface area contributed by atoms with Crippen molar-refractivity contribution in [3.8, 4) is 0 Å². The maximum absolute atomic E-state index is 11.9. The second kappa shape index (κ2) is 5.51. The van der Waals surface area contributed by atoms with E-state index in [2.05, 4.69) is 10.6 Å². The average Bonchev–Trinajstić information content (AvgIpc) is 2.41. The van der Waals surface area contributed by atoms with Gasteiger partial charge in [-0.15, -0.1) is 0 Å². The Kier molecular flexibility index (Phi) is 3.79. The maximum Gasteiger partial charge on any atom is 0.335 e. The van der Waals surface area contributed by atoms with Gasteiger partial charge in [-0.1, -0.05) is 6.07 Å². The third kappa shape index (κ3) is 3.09. The van der Waals surface area contributed by atoms with E-state index in [0.717, 1.165) is 6.42 Å². The molecule has 0 saturated carbocycles. The van der Waals surface area contributed by atoms with Crippen LogP contribution in [-0.4, -0.2) is 35.5 Å². The highest BCUT2D eigenvalue weighted by Gasteiger charge is 2.24. The molecule has 1 aliphatic rings. The number of rotatable bonds is 3. The molecule has 2 amide bonds. The van der Waals surface area contributed by atoms with E-state index in [1.807, 2.05) is 0 Å². The standard InChI is InChI=1S/C13H14N2O4/c16-11(15-10-5-2-6-14-12(10)17)8-3-1-4-9(7-8)13(18)19/h1,3-4,7,10H,2,5-6H2,(H,14,17)(H,15,16)(H,18,19)/t10-/m0/s1. The van der Waals surface area contributed by atoms with E-state index in [9.17, 15) is 14.4 Å². The van der Waals surface area contributed by atoms with Gasteiger partial charge in [0.15, 0.2) is 0 Å². The first kappa shape index (κ1) is 13.1. The predicted octanol–water partition coefficient (Wildman–Crippen LogP) is 0.393. The molecule has 0 aromatic heterocycles. The van der Waals surface area contributed by atoms with Gasteiger partial charge in [-0.05, 0) is 31.0 Å². The first-order valence-corrected chi connectivity index (χ1v) is 6.00. The van der Waals surface area contributed by atoms with E-state index in [0.29, 0.717) is 13.0 Å². The van der Waals surface area contributed by atoms with Crippen molar-refractivity contribution in [1.82, 2.24) is 10.6 Å². The number of carboxylic acids is 1. The number of aromatic carboxylic acids is 1. The summed E-state index contributed by atoms with van der Waals surface area (Å²) in [5, 5.41) is 14.1. The normalized spacial score (nSPS) is 18.5. The summed E-state index contributed by atoms with van der Waals surface area (Å²) in [5.74, 6) is -1.73. The van der Waals surface area contributed by atoms with Gasteiger partial charge in [0.25, 0.3) is 5.91 Å². The SMILES string of the molecule is O=C(O)c1cccc(C(=O)N[C@H]2CCCNC2=O)c1. The fraction of sp³-hybridized carbons (Fsp3) is 0.308. The molecular formula is C13H14N2O4. The topological polar surface area (TPSA) is 95.5 Å². The third-order valence-electron chi connectivity index (χ3n) is 2.96. The van der Waals surface area contributed by atoms with Crippen molar-refractivity contribution >= 4 is 17.8 Å². The molecule has 19 heavy (non-hydrogen) atoms. The lowest BCUT2D eigenvalue weighted by Crippen LogP contribution is -2.50. The van der Waals surface area contributed by atoms with Gasteiger partial charge in [0.2, 0.25) is 5.91 Å². The van der Waals surface area contributed by atoms with Gasteiger partial charge in [-0.3, -0.25) is 9.59 Å². The van der Waals surface area contributed by atoms with Gasteiger partial charge in [-0.2, -0.15) is 0 Å². The summed E-state index contributed by atoms with van der Waals surface area (Å²) in [6.07, 6.45) is 1.40. The van der Waals surface area contributed by atoms with Gasteiger partial charge < -0.3 is 15.7 Å². The zero-order valence-electron chi connectivity index (χ0n) is 10.2. The van der Waals surface area contributed by atoms with Crippen LogP contribution in [0.5, 0.6) is 0 Å². The minimum atomic E-state index is -1.09. The zero-order valence-corrected chi connectivity index (χ0v) is 10.2. The van der Waals surface area contributed by atoms with Crippen molar-refractivity contribution in [2.24, 2.45) is 0 Å². The second-order valence-electron chi connectivity index (χ2n) is 4.35. The molecule has 1 fully saturated rings. The Balaban J connectivity index is 2.09. The molecule has 3 N–H and O–H groups in total. The molecule has 6 nitrogen and oxygen atoms in total. The van der Waals surface area contributed by atoms with E-state index in [4.69, 9.17) is 5.11 Å². The Bertz CT molecular complexity index is 527. The van der Waals surface area contributed by atoms with Crippen LogP contribution in [0.25, 0.3) is 0 Å². The van der Waals surface area contributed by atoms with Gasteiger partial charge in [0.1, 0.15) is 6.04 Å². The quantitative estimate of drug-likeness (QED) is 0.734. The lowest BCUT2D eigenvalue weighted by Gasteiger charge is -2.22. The molecule has 0 radical (unpaired) electrons. The minimum absolute atomic E-state index is 0.0424. The summed E-state index contributed by atoms with van der Waals surface area (Å²) < 4.78 is 0. The highest BCUT2D eigenvalue weighted by Crippen LogP contribution is 2.08. The summed E-state index contributed by atoms with van der Waals surface area (Å²) >= 11 is 0. The van der Waals surface area contributed by atoms with Crippen LogP contribution >= 0.6 is 0 Å². The monoisotopic (exact) mass is 262 g/mol. The number of carbonyl (C=O) groups is 3. The molecule has 0 bridgehead atoms. The number of hydrogen-bond donors (Lipinski definition) is 3. The molecule has 1 heterocycles. The summed E-state index contributed by atoms with van der Waals surface area (Å²) in [5.41, 5.74) is 0.277. The van der Waals surface area contributed by atoms with Gasteiger partial charge in [-0.25, -0.2) is 4.79 Å². The summed E-state index contributed by atoms with van der Waals surface area (Å²) in [6, 6.07) is 5.17. The van der Waals surface area contributed by atoms with Crippen molar-refractivity contribution in [3.05, 3.63) is 35.4 Å². The maximum atomic E-state index is 11.9. The smallest absolute Gasteiger partial charge is 0.335 e. The molecule has 1 aromatic carbocycles. The molecular weight excluding hydrogens is 248 g/mol. The van der Waals surface area contributed by atoms with E-state index in [-0.39, 0.29) is 17.0 Å².